The van der Waals surface area contributed by atoms with Gasteiger partial charge in [-0.05, 0) is 45.2 Å². The van der Waals surface area contributed by atoms with Crippen LogP contribution in [0.3, 0.4) is 0 Å². The maximum atomic E-state index is 10.7. The first-order valence-electron chi connectivity index (χ1n) is 7.90. The van der Waals surface area contributed by atoms with Gasteiger partial charge in [0, 0.05) is 19.1 Å². The lowest BCUT2D eigenvalue weighted by molar-refractivity contribution is -0.0275. The summed E-state index contributed by atoms with van der Waals surface area (Å²) in [6, 6.07) is 0.656. The van der Waals surface area contributed by atoms with Crippen LogP contribution in [0.1, 0.15) is 58.3 Å². The van der Waals surface area contributed by atoms with Gasteiger partial charge in [0.2, 0.25) is 0 Å². The molecule has 0 bridgehead atoms. The van der Waals surface area contributed by atoms with Crippen molar-refractivity contribution in [1.29, 1.82) is 0 Å². The van der Waals surface area contributed by atoms with E-state index in [4.69, 9.17) is 0 Å². The molecule has 0 aromatic rings. The molecule has 0 aromatic carbocycles. The lowest BCUT2D eigenvalue weighted by Gasteiger charge is -2.38. The summed E-state index contributed by atoms with van der Waals surface area (Å²) in [5, 5.41) is 14.3. The molecule has 106 valence electrons. The van der Waals surface area contributed by atoms with Crippen LogP contribution in [0.25, 0.3) is 0 Å². The fourth-order valence-corrected chi connectivity index (χ4v) is 3.56. The summed E-state index contributed by atoms with van der Waals surface area (Å²) >= 11 is 0. The predicted octanol–water partition coefficient (Wildman–Crippen LogP) is 2.15. The number of aliphatic hydroxyl groups is 1. The molecule has 1 saturated carbocycles. The van der Waals surface area contributed by atoms with E-state index in [1.165, 1.54) is 45.1 Å². The first kappa shape index (κ1) is 14.3. The third-order valence-electron chi connectivity index (χ3n) is 4.48. The van der Waals surface area contributed by atoms with E-state index in [1.54, 1.807) is 0 Å². The molecule has 1 unspecified atom stereocenters. The number of rotatable bonds is 6. The number of hydrogen-bond donors (Lipinski definition) is 2. The van der Waals surface area contributed by atoms with Crippen molar-refractivity contribution in [2.24, 2.45) is 0 Å². The molecule has 0 amide bonds. The fraction of sp³-hybridized carbons (Fsp3) is 1.00. The highest BCUT2D eigenvalue weighted by Crippen LogP contribution is 2.29. The second-order valence-corrected chi connectivity index (χ2v) is 6.31. The molecule has 3 heteroatoms. The molecular weight excluding hydrogens is 224 g/mol. The Hall–Kier alpha value is -0.120. The summed E-state index contributed by atoms with van der Waals surface area (Å²) in [5.74, 6) is 0. The fourth-order valence-electron chi connectivity index (χ4n) is 3.56. The molecule has 1 saturated heterocycles. The van der Waals surface area contributed by atoms with E-state index < -0.39 is 5.60 Å². The van der Waals surface area contributed by atoms with Crippen molar-refractivity contribution in [2.75, 3.05) is 26.2 Å². The summed E-state index contributed by atoms with van der Waals surface area (Å²) in [4.78, 5) is 2.49. The van der Waals surface area contributed by atoms with Crippen LogP contribution >= 0.6 is 0 Å². The third kappa shape index (κ3) is 4.22. The molecule has 1 aliphatic carbocycles. The Balaban J connectivity index is 1.83. The Morgan fingerprint density at radius 3 is 2.61 bits per heavy atom. The summed E-state index contributed by atoms with van der Waals surface area (Å²) < 4.78 is 0. The van der Waals surface area contributed by atoms with Gasteiger partial charge in [-0.1, -0.05) is 26.2 Å². The van der Waals surface area contributed by atoms with Gasteiger partial charge in [-0.2, -0.15) is 0 Å². The summed E-state index contributed by atoms with van der Waals surface area (Å²) in [6.45, 7) is 6.55. The Morgan fingerprint density at radius 2 is 2.00 bits per heavy atom. The van der Waals surface area contributed by atoms with E-state index >= 15 is 0 Å². The first-order chi connectivity index (χ1) is 8.72. The monoisotopic (exact) mass is 254 g/mol. The van der Waals surface area contributed by atoms with Crippen LogP contribution in [0.4, 0.5) is 0 Å². The Morgan fingerprint density at radius 1 is 1.22 bits per heavy atom. The molecule has 0 aromatic heterocycles. The van der Waals surface area contributed by atoms with Crippen molar-refractivity contribution in [3.8, 4) is 0 Å². The van der Waals surface area contributed by atoms with Crippen molar-refractivity contribution in [1.82, 2.24) is 10.2 Å². The lowest BCUT2D eigenvalue weighted by Crippen LogP contribution is -2.48. The number of nitrogens with zero attached hydrogens (tertiary/aromatic N) is 1. The van der Waals surface area contributed by atoms with Crippen molar-refractivity contribution in [3.05, 3.63) is 0 Å². The van der Waals surface area contributed by atoms with Gasteiger partial charge < -0.3 is 10.4 Å². The van der Waals surface area contributed by atoms with Crippen LogP contribution in [0.15, 0.2) is 0 Å². The van der Waals surface area contributed by atoms with Gasteiger partial charge in [0.25, 0.3) is 0 Å². The van der Waals surface area contributed by atoms with E-state index in [9.17, 15) is 5.11 Å². The van der Waals surface area contributed by atoms with Gasteiger partial charge in [-0.25, -0.2) is 0 Å². The predicted molar refractivity (Wildman–Crippen MR) is 75.8 cm³/mol. The molecule has 18 heavy (non-hydrogen) atoms. The molecule has 1 aliphatic heterocycles. The largest absolute Gasteiger partial charge is 0.389 e. The minimum Gasteiger partial charge on any atom is -0.389 e. The second kappa shape index (κ2) is 6.88. The zero-order valence-electron chi connectivity index (χ0n) is 12.0. The van der Waals surface area contributed by atoms with E-state index in [2.05, 4.69) is 17.1 Å². The smallest absolute Gasteiger partial charge is 0.0774 e. The summed E-state index contributed by atoms with van der Waals surface area (Å²) in [6.07, 6.45) is 9.53. The molecule has 0 radical (unpaired) electrons. The highest BCUT2D eigenvalue weighted by molar-refractivity contribution is 4.87. The Kier molecular flexibility index (Phi) is 5.46. The van der Waals surface area contributed by atoms with Crippen LogP contribution in [0, 0.1) is 0 Å². The van der Waals surface area contributed by atoms with E-state index in [0.29, 0.717) is 6.04 Å². The minimum atomic E-state index is -0.397. The standard InChI is InChI=1S/C15H30N2O/c1-2-11-17(12-14-7-6-10-16-14)13-15(18)8-4-3-5-9-15/h14,16,18H,2-13H2,1H3. The van der Waals surface area contributed by atoms with Crippen molar-refractivity contribution >= 4 is 0 Å². The third-order valence-corrected chi connectivity index (χ3v) is 4.48. The van der Waals surface area contributed by atoms with Gasteiger partial charge >= 0.3 is 0 Å². The molecule has 1 heterocycles. The molecular formula is C15H30N2O. The summed E-state index contributed by atoms with van der Waals surface area (Å²) in [5.41, 5.74) is -0.397. The number of hydrogen-bond acceptors (Lipinski definition) is 3. The van der Waals surface area contributed by atoms with Gasteiger partial charge in [0.05, 0.1) is 5.60 Å². The molecule has 2 fully saturated rings. The average Bonchev–Trinajstić information content (AvgIpc) is 2.82. The number of nitrogens with one attached hydrogen (secondary N) is 1. The van der Waals surface area contributed by atoms with Gasteiger partial charge in [-0.15, -0.1) is 0 Å². The van der Waals surface area contributed by atoms with Crippen LogP contribution < -0.4 is 5.32 Å². The van der Waals surface area contributed by atoms with E-state index in [0.717, 1.165) is 32.5 Å². The van der Waals surface area contributed by atoms with Gasteiger partial charge in [0.15, 0.2) is 0 Å². The van der Waals surface area contributed by atoms with Gasteiger partial charge in [-0.3, -0.25) is 4.90 Å². The van der Waals surface area contributed by atoms with E-state index in [1.807, 2.05) is 0 Å². The van der Waals surface area contributed by atoms with E-state index in [-0.39, 0.29) is 0 Å². The zero-order chi connectivity index (χ0) is 12.8. The minimum absolute atomic E-state index is 0.397. The second-order valence-electron chi connectivity index (χ2n) is 6.31. The summed E-state index contributed by atoms with van der Waals surface area (Å²) in [7, 11) is 0. The van der Waals surface area contributed by atoms with Crippen LogP contribution in [0.5, 0.6) is 0 Å². The molecule has 1 atom stereocenters. The van der Waals surface area contributed by atoms with Crippen molar-refractivity contribution in [3.63, 3.8) is 0 Å². The zero-order valence-corrected chi connectivity index (χ0v) is 12.0. The molecule has 3 nitrogen and oxygen atoms in total. The molecule has 0 spiro atoms. The SMILES string of the molecule is CCCN(CC1CCCN1)CC1(O)CCCCC1. The Bertz CT molecular complexity index is 233. The topological polar surface area (TPSA) is 35.5 Å². The normalized spacial score (nSPS) is 27.8. The van der Waals surface area contributed by atoms with Crippen molar-refractivity contribution < 1.29 is 5.11 Å². The molecule has 2 rings (SSSR count). The maximum absolute atomic E-state index is 10.7. The van der Waals surface area contributed by atoms with Crippen LogP contribution in [-0.2, 0) is 0 Å². The maximum Gasteiger partial charge on any atom is 0.0774 e. The van der Waals surface area contributed by atoms with Crippen LogP contribution in [-0.4, -0.2) is 47.8 Å². The van der Waals surface area contributed by atoms with Gasteiger partial charge in [0.1, 0.15) is 0 Å². The van der Waals surface area contributed by atoms with Crippen molar-refractivity contribution in [2.45, 2.75) is 69.9 Å². The highest BCUT2D eigenvalue weighted by atomic mass is 16.3. The molecule has 2 aliphatic rings. The first-order valence-corrected chi connectivity index (χ1v) is 7.90. The molecule has 2 N–H and O–H groups in total. The highest BCUT2D eigenvalue weighted by Gasteiger charge is 2.32. The van der Waals surface area contributed by atoms with Crippen LogP contribution in [0.2, 0.25) is 0 Å². The Labute approximate surface area is 112 Å². The lowest BCUT2D eigenvalue weighted by atomic mass is 9.84. The quantitative estimate of drug-likeness (QED) is 0.762. The average molecular weight is 254 g/mol.